The molecule has 0 fully saturated rings. The van der Waals surface area contributed by atoms with Crippen molar-refractivity contribution < 1.29 is 17.9 Å². The third-order valence-corrected chi connectivity index (χ3v) is 5.59. The summed E-state index contributed by atoms with van der Waals surface area (Å²) in [5.74, 6) is -0.274. The normalized spacial score (nSPS) is 11.2. The van der Waals surface area contributed by atoms with Crippen LogP contribution in [0.4, 0.5) is 5.69 Å². The van der Waals surface area contributed by atoms with E-state index in [0.717, 1.165) is 5.56 Å². The van der Waals surface area contributed by atoms with Crippen molar-refractivity contribution in [3.05, 3.63) is 59.7 Å². The van der Waals surface area contributed by atoms with E-state index in [1.165, 1.54) is 11.4 Å². The van der Waals surface area contributed by atoms with Crippen molar-refractivity contribution in [1.82, 2.24) is 5.32 Å². The summed E-state index contributed by atoms with van der Waals surface area (Å²) in [5, 5.41) is 2.72. The van der Waals surface area contributed by atoms with E-state index in [9.17, 15) is 13.2 Å². The van der Waals surface area contributed by atoms with Crippen LogP contribution in [0.3, 0.4) is 0 Å². The van der Waals surface area contributed by atoms with Crippen LogP contribution in [0.5, 0.6) is 0 Å². The molecular weight excluding hydrogens is 340 g/mol. The molecule has 0 aliphatic carbocycles. The fraction of sp³-hybridized carbons (Fsp3) is 0.278. The number of aryl methyl sites for hydroxylation is 1. The van der Waals surface area contributed by atoms with Crippen LogP contribution in [0, 0.1) is 6.92 Å². The maximum atomic E-state index is 12.8. The molecule has 7 heteroatoms. The van der Waals surface area contributed by atoms with Gasteiger partial charge >= 0.3 is 0 Å². The molecule has 0 radical (unpaired) electrons. The monoisotopic (exact) mass is 362 g/mol. The predicted octanol–water partition coefficient (Wildman–Crippen LogP) is 2.20. The minimum Gasteiger partial charge on any atom is -0.383 e. The van der Waals surface area contributed by atoms with E-state index in [-0.39, 0.29) is 10.8 Å². The first kappa shape index (κ1) is 19.0. The highest BCUT2D eigenvalue weighted by molar-refractivity contribution is 7.92. The Kier molecular flexibility index (Phi) is 6.17. The lowest BCUT2D eigenvalue weighted by Gasteiger charge is -2.22. The van der Waals surface area contributed by atoms with Gasteiger partial charge in [-0.25, -0.2) is 8.42 Å². The van der Waals surface area contributed by atoms with Gasteiger partial charge in [-0.05, 0) is 36.8 Å². The quantitative estimate of drug-likeness (QED) is 0.766. The number of ether oxygens (including phenoxy) is 1. The second-order valence-electron chi connectivity index (χ2n) is 5.54. The Balaban J connectivity index is 2.32. The molecule has 2 aromatic carbocycles. The summed E-state index contributed by atoms with van der Waals surface area (Å²) >= 11 is 0. The number of carbonyl (C=O) groups is 1. The van der Waals surface area contributed by atoms with Crippen molar-refractivity contribution in [2.24, 2.45) is 0 Å². The number of methoxy groups -OCH3 is 1. The number of hydrogen-bond donors (Lipinski definition) is 1. The molecular formula is C18H22N2O4S. The Morgan fingerprint density at radius 3 is 2.48 bits per heavy atom. The fourth-order valence-corrected chi connectivity index (χ4v) is 3.61. The van der Waals surface area contributed by atoms with Gasteiger partial charge in [0.25, 0.3) is 15.9 Å². The fourth-order valence-electron chi connectivity index (χ4n) is 2.34. The van der Waals surface area contributed by atoms with E-state index >= 15 is 0 Å². The molecule has 0 saturated carbocycles. The lowest BCUT2D eigenvalue weighted by molar-refractivity contribution is 0.0937. The summed E-state index contributed by atoms with van der Waals surface area (Å²) < 4.78 is 31.7. The first-order chi connectivity index (χ1) is 11.9. The van der Waals surface area contributed by atoms with E-state index in [1.54, 1.807) is 62.6 Å². The van der Waals surface area contributed by atoms with Crippen LogP contribution in [0.1, 0.15) is 15.9 Å². The number of benzene rings is 2. The zero-order chi connectivity index (χ0) is 18.4. The van der Waals surface area contributed by atoms with Crippen LogP contribution in [0.2, 0.25) is 0 Å². The molecule has 2 aromatic rings. The van der Waals surface area contributed by atoms with Crippen LogP contribution in [-0.2, 0) is 14.8 Å². The maximum absolute atomic E-state index is 12.8. The standard InChI is InChI=1S/C18H22N2O4S/c1-14-9-10-15(18(21)19-11-12-24-3)13-17(14)20(2)25(22,23)16-7-5-4-6-8-16/h4-10,13H,11-12H2,1-3H3,(H,19,21). The topological polar surface area (TPSA) is 75.7 Å². The second-order valence-corrected chi connectivity index (χ2v) is 7.50. The van der Waals surface area contributed by atoms with Gasteiger partial charge in [0.1, 0.15) is 0 Å². The van der Waals surface area contributed by atoms with E-state index in [1.807, 2.05) is 0 Å². The van der Waals surface area contributed by atoms with Gasteiger partial charge in [-0.3, -0.25) is 9.10 Å². The molecule has 25 heavy (non-hydrogen) atoms. The van der Waals surface area contributed by atoms with Gasteiger partial charge in [0.2, 0.25) is 0 Å². The maximum Gasteiger partial charge on any atom is 0.264 e. The van der Waals surface area contributed by atoms with Crippen LogP contribution in [0.15, 0.2) is 53.4 Å². The average molecular weight is 362 g/mol. The van der Waals surface area contributed by atoms with E-state index in [4.69, 9.17) is 4.74 Å². The first-order valence-corrected chi connectivity index (χ1v) is 9.23. The number of hydrogen-bond acceptors (Lipinski definition) is 4. The van der Waals surface area contributed by atoms with E-state index in [0.29, 0.717) is 24.4 Å². The van der Waals surface area contributed by atoms with Crippen LogP contribution >= 0.6 is 0 Å². The van der Waals surface area contributed by atoms with Crippen molar-refractivity contribution in [3.8, 4) is 0 Å². The van der Waals surface area contributed by atoms with Crippen molar-refractivity contribution in [3.63, 3.8) is 0 Å². The van der Waals surface area contributed by atoms with Gasteiger partial charge in [-0.15, -0.1) is 0 Å². The molecule has 0 atom stereocenters. The zero-order valence-corrected chi connectivity index (χ0v) is 15.3. The Morgan fingerprint density at radius 2 is 1.84 bits per heavy atom. The molecule has 0 aliphatic rings. The third kappa shape index (κ3) is 4.37. The molecule has 1 N–H and O–H groups in total. The van der Waals surface area contributed by atoms with Gasteiger partial charge < -0.3 is 10.1 Å². The van der Waals surface area contributed by atoms with Gasteiger partial charge in [0.15, 0.2) is 0 Å². The van der Waals surface area contributed by atoms with Crippen molar-refractivity contribution in [2.75, 3.05) is 31.6 Å². The van der Waals surface area contributed by atoms with Crippen molar-refractivity contribution >= 4 is 21.6 Å². The molecule has 0 aromatic heterocycles. The number of nitrogens with one attached hydrogen (secondary N) is 1. The first-order valence-electron chi connectivity index (χ1n) is 7.79. The predicted molar refractivity (Wildman–Crippen MR) is 97.4 cm³/mol. The Morgan fingerprint density at radius 1 is 1.16 bits per heavy atom. The van der Waals surface area contributed by atoms with Crippen molar-refractivity contribution in [1.29, 1.82) is 0 Å². The molecule has 0 bridgehead atoms. The lowest BCUT2D eigenvalue weighted by atomic mass is 10.1. The van der Waals surface area contributed by atoms with Crippen LogP contribution < -0.4 is 9.62 Å². The molecule has 6 nitrogen and oxygen atoms in total. The van der Waals surface area contributed by atoms with E-state index < -0.39 is 10.0 Å². The Bertz CT molecular complexity index is 835. The SMILES string of the molecule is COCCNC(=O)c1ccc(C)c(N(C)S(=O)(=O)c2ccccc2)c1. The van der Waals surface area contributed by atoms with Crippen LogP contribution in [0.25, 0.3) is 0 Å². The minimum absolute atomic E-state index is 0.201. The number of rotatable bonds is 7. The van der Waals surface area contributed by atoms with E-state index in [2.05, 4.69) is 5.32 Å². The van der Waals surface area contributed by atoms with Gasteiger partial charge in [-0.1, -0.05) is 24.3 Å². The van der Waals surface area contributed by atoms with Gasteiger partial charge in [-0.2, -0.15) is 0 Å². The smallest absolute Gasteiger partial charge is 0.264 e. The van der Waals surface area contributed by atoms with Gasteiger partial charge in [0, 0.05) is 26.3 Å². The average Bonchev–Trinajstić information content (AvgIpc) is 2.62. The second kappa shape index (κ2) is 8.13. The highest BCUT2D eigenvalue weighted by Gasteiger charge is 2.23. The molecule has 2 rings (SSSR count). The highest BCUT2D eigenvalue weighted by atomic mass is 32.2. The highest BCUT2D eigenvalue weighted by Crippen LogP contribution is 2.26. The number of amides is 1. The summed E-state index contributed by atoms with van der Waals surface area (Å²) in [6.45, 7) is 2.60. The number of sulfonamides is 1. The zero-order valence-electron chi connectivity index (χ0n) is 14.5. The molecule has 0 spiro atoms. The largest absolute Gasteiger partial charge is 0.383 e. The molecule has 134 valence electrons. The summed E-state index contributed by atoms with van der Waals surface area (Å²) in [6, 6.07) is 13.2. The molecule has 1 amide bonds. The summed E-state index contributed by atoms with van der Waals surface area (Å²) in [6.07, 6.45) is 0. The Labute approximate surface area is 148 Å². The summed E-state index contributed by atoms with van der Waals surface area (Å²) in [4.78, 5) is 12.4. The molecule has 0 heterocycles. The van der Waals surface area contributed by atoms with Crippen LogP contribution in [-0.4, -0.2) is 41.6 Å². The number of anilines is 1. The molecule has 0 saturated heterocycles. The lowest BCUT2D eigenvalue weighted by Crippen LogP contribution is -2.29. The number of carbonyl (C=O) groups excluding carboxylic acids is 1. The summed E-state index contributed by atoms with van der Waals surface area (Å²) in [7, 11) is -0.658. The molecule has 0 unspecified atom stereocenters. The number of nitrogens with zero attached hydrogens (tertiary/aromatic N) is 1. The Hall–Kier alpha value is -2.38. The minimum atomic E-state index is -3.70. The van der Waals surface area contributed by atoms with Gasteiger partial charge in [0.05, 0.1) is 17.2 Å². The van der Waals surface area contributed by atoms with Crippen molar-refractivity contribution in [2.45, 2.75) is 11.8 Å². The molecule has 0 aliphatic heterocycles. The summed E-state index contributed by atoms with van der Waals surface area (Å²) in [5.41, 5.74) is 1.62. The third-order valence-electron chi connectivity index (χ3n) is 3.80.